The maximum atomic E-state index is 12.7. The zero-order chi connectivity index (χ0) is 15.6. The van der Waals surface area contributed by atoms with E-state index >= 15 is 0 Å². The number of carbonyl (C=O) groups excluding carboxylic acids is 1. The van der Waals surface area contributed by atoms with Gasteiger partial charge in [-0.05, 0) is 38.1 Å². The van der Waals surface area contributed by atoms with E-state index in [1.807, 2.05) is 19.9 Å². The third kappa shape index (κ3) is 3.31. The van der Waals surface area contributed by atoms with Crippen LogP contribution in [0.25, 0.3) is 0 Å². The monoisotopic (exact) mass is 323 g/mol. The highest BCUT2D eigenvalue weighted by atomic mass is 35.5. The molecule has 5 heteroatoms. The Bertz CT molecular complexity index is 699. The van der Waals surface area contributed by atoms with Crippen molar-refractivity contribution >= 4 is 34.7 Å². The average Bonchev–Trinajstić information content (AvgIpc) is 2.44. The number of halogens is 2. The third-order valence-corrected chi connectivity index (χ3v) is 3.78. The normalized spacial score (nSPS) is 10.5. The van der Waals surface area contributed by atoms with Gasteiger partial charge in [0, 0.05) is 11.3 Å². The molecule has 0 radical (unpaired) electrons. The van der Waals surface area contributed by atoms with E-state index in [-0.39, 0.29) is 21.4 Å². The summed E-state index contributed by atoms with van der Waals surface area (Å²) in [5.41, 5.74) is 7.80. The van der Waals surface area contributed by atoms with Crippen LogP contribution in [0.1, 0.15) is 28.4 Å². The standard InChI is InChI=1S/C16H15Cl2NO2/c1-3-21-14-5-4-9(2)6-11(14)16(20)12-7-10(19)8-13(17)15(12)18/h4-8H,3,19H2,1-2H3. The number of ketones is 1. The maximum Gasteiger partial charge on any atom is 0.198 e. The quantitative estimate of drug-likeness (QED) is 0.665. The molecular formula is C16H15Cl2NO2. The van der Waals surface area contributed by atoms with Crippen LogP contribution in [-0.4, -0.2) is 12.4 Å². The van der Waals surface area contributed by atoms with Crippen LogP contribution in [0, 0.1) is 6.92 Å². The first-order valence-electron chi connectivity index (χ1n) is 6.46. The minimum absolute atomic E-state index is 0.194. The molecule has 3 nitrogen and oxygen atoms in total. The van der Waals surface area contributed by atoms with Crippen LogP contribution in [0.3, 0.4) is 0 Å². The fraction of sp³-hybridized carbons (Fsp3) is 0.188. The summed E-state index contributed by atoms with van der Waals surface area (Å²) in [6.45, 7) is 4.23. The molecule has 0 atom stereocenters. The van der Waals surface area contributed by atoms with Crippen molar-refractivity contribution in [3.05, 3.63) is 57.1 Å². The van der Waals surface area contributed by atoms with Gasteiger partial charge in [-0.2, -0.15) is 0 Å². The number of rotatable bonds is 4. The number of benzene rings is 2. The lowest BCUT2D eigenvalue weighted by molar-refractivity contribution is 0.103. The van der Waals surface area contributed by atoms with Gasteiger partial charge >= 0.3 is 0 Å². The van der Waals surface area contributed by atoms with Crippen molar-refractivity contribution in [2.45, 2.75) is 13.8 Å². The Morgan fingerprint density at radius 1 is 1.19 bits per heavy atom. The van der Waals surface area contributed by atoms with Crippen LogP contribution < -0.4 is 10.5 Å². The number of hydrogen-bond acceptors (Lipinski definition) is 3. The highest BCUT2D eigenvalue weighted by molar-refractivity contribution is 6.44. The Kier molecular flexibility index (Phi) is 4.76. The van der Waals surface area contributed by atoms with Crippen LogP contribution in [0.5, 0.6) is 5.75 Å². The molecule has 0 aromatic heterocycles. The van der Waals surface area contributed by atoms with Crippen molar-refractivity contribution in [2.24, 2.45) is 0 Å². The van der Waals surface area contributed by atoms with E-state index in [4.69, 9.17) is 33.7 Å². The predicted molar refractivity (Wildman–Crippen MR) is 86.7 cm³/mol. The molecule has 2 aromatic carbocycles. The van der Waals surface area contributed by atoms with E-state index in [1.54, 1.807) is 12.1 Å². The summed E-state index contributed by atoms with van der Waals surface area (Å²) in [4.78, 5) is 12.7. The summed E-state index contributed by atoms with van der Waals surface area (Å²) in [6, 6.07) is 8.46. The first kappa shape index (κ1) is 15.7. The highest BCUT2D eigenvalue weighted by Crippen LogP contribution is 2.32. The molecule has 21 heavy (non-hydrogen) atoms. The van der Waals surface area contributed by atoms with Gasteiger partial charge in [0.1, 0.15) is 5.75 Å². The summed E-state index contributed by atoms with van der Waals surface area (Å²) in [5, 5.41) is 0.449. The Hall–Kier alpha value is -1.71. The molecule has 0 aliphatic rings. The molecule has 0 bridgehead atoms. The van der Waals surface area contributed by atoms with Crippen molar-refractivity contribution in [2.75, 3.05) is 12.3 Å². The van der Waals surface area contributed by atoms with Gasteiger partial charge in [-0.3, -0.25) is 4.79 Å². The summed E-state index contributed by atoms with van der Waals surface area (Å²) < 4.78 is 5.51. The van der Waals surface area contributed by atoms with Crippen molar-refractivity contribution in [1.29, 1.82) is 0 Å². The third-order valence-electron chi connectivity index (χ3n) is 2.97. The van der Waals surface area contributed by atoms with E-state index in [9.17, 15) is 4.79 Å². The molecule has 0 saturated carbocycles. The first-order chi connectivity index (χ1) is 9.93. The van der Waals surface area contributed by atoms with E-state index < -0.39 is 0 Å². The van der Waals surface area contributed by atoms with Gasteiger partial charge in [0.25, 0.3) is 0 Å². The molecular weight excluding hydrogens is 309 g/mol. The van der Waals surface area contributed by atoms with E-state index in [2.05, 4.69) is 0 Å². The molecule has 0 spiro atoms. The Balaban J connectivity index is 2.57. The average molecular weight is 324 g/mol. The lowest BCUT2D eigenvalue weighted by Gasteiger charge is -2.12. The second kappa shape index (κ2) is 6.37. The number of hydrogen-bond donors (Lipinski definition) is 1. The molecule has 2 rings (SSSR count). The molecule has 2 aromatic rings. The van der Waals surface area contributed by atoms with E-state index in [1.165, 1.54) is 12.1 Å². The van der Waals surface area contributed by atoms with Crippen molar-refractivity contribution in [3.8, 4) is 5.75 Å². The Morgan fingerprint density at radius 2 is 1.90 bits per heavy atom. The minimum Gasteiger partial charge on any atom is -0.493 e. The SMILES string of the molecule is CCOc1ccc(C)cc1C(=O)c1cc(N)cc(Cl)c1Cl. The fourth-order valence-corrected chi connectivity index (χ4v) is 2.45. The van der Waals surface area contributed by atoms with E-state index in [0.717, 1.165) is 5.56 Å². The smallest absolute Gasteiger partial charge is 0.198 e. The van der Waals surface area contributed by atoms with E-state index in [0.29, 0.717) is 23.6 Å². The van der Waals surface area contributed by atoms with Gasteiger partial charge in [-0.15, -0.1) is 0 Å². The molecule has 0 saturated heterocycles. The van der Waals surface area contributed by atoms with Gasteiger partial charge in [0.05, 0.1) is 22.2 Å². The second-order valence-electron chi connectivity index (χ2n) is 4.63. The van der Waals surface area contributed by atoms with Crippen LogP contribution in [0.15, 0.2) is 30.3 Å². The van der Waals surface area contributed by atoms with Crippen molar-refractivity contribution in [3.63, 3.8) is 0 Å². The number of carbonyl (C=O) groups is 1. The predicted octanol–water partition coefficient (Wildman–Crippen LogP) is 4.51. The van der Waals surface area contributed by atoms with Crippen LogP contribution in [0.4, 0.5) is 5.69 Å². The number of ether oxygens (including phenoxy) is 1. The molecule has 0 heterocycles. The van der Waals surface area contributed by atoms with Crippen molar-refractivity contribution < 1.29 is 9.53 Å². The van der Waals surface area contributed by atoms with Gasteiger partial charge in [0.15, 0.2) is 5.78 Å². The summed E-state index contributed by atoms with van der Waals surface area (Å²) >= 11 is 12.1. The molecule has 0 fully saturated rings. The molecule has 0 amide bonds. The van der Waals surface area contributed by atoms with Gasteiger partial charge in [0.2, 0.25) is 0 Å². The topological polar surface area (TPSA) is 52.3 Å². The van der Waals surface area contributed by atoms with Crippen LogP contribution in [-0.2, 0) is 0 Å². The number of nitrogen functional groups attached to an aromatic ring is 1. The number of nitrogens with two attached hydrogens (primary N) is 1. The van der Waals surface area contributed by atoms with Crippen molar-refractivity contribution in [1.82, 2.24) is 0 Å². The fourth-order valence-electron chi connectivity index (χ4n) is 2.02. The first-order valence-corrected chi connectivity index (χ1v) is 7.22. The molecule has 110 valence electrons. The lowest BCUT2D eigenvalue weighted by Crippen LogP contribution is -2.07. The Morgan fingerprint density at radius 3 is 2.57 bits per heavy atom. The minimum atomic E-state index is -0.263. The number of anilines is 1. The van der Waals surface area contributed by atoms with Gasteiger partial charge in [-0.25, -0.2) is 0 Å². The largest absolute Gasteiger partial charge is 0.493 e. The molecule has 0 aliphatic carbocycles. The summed E-state index contributed by atoms with van der Waals surface area (Å²) in [6.07, 6.45) is 0. The van der Waals surface area contributed by atoms with Gasteiger partial charge < -0.3 is 10.5 Å². The number of aryl methyl sites for hydroxylation is 1. The lowest BCUT2D eigenvalue weighted by atomic mass is 10.00. The second-order valence-corrected chi connectivity index (χ2v) is 5.41. The van der Waals surface area contributed by atoms with Crippen LogP contribution in [0.2, 0.25) is 10.0 Å². The Labute approximate surface area is 133 Å². The zero-order valence-electron chi connectivity index (χ0n) is 11.7. The van der Waals surface area contributed by atoms with Crippen LogP contribution >= 0.6 is 23.2 Å². The maximum absolute atomic E-state index is 12.7. The molecule has 0 aliphatic heterocycles. The molecule has 2 N–H and O–H groups in total. The zero-order valence-corrected chi connectivity index (χ0v) is 13.3. The summed E-state index contributed by atoms with van der Waals surface area (Å²) in [7, 11) is 0. The highest BCUT2D eigenvalue weighted by Gasteiger charge is 2.19. The summed E-state index contributed by atoms with van der Waals surface area (Å²) in [5.74, 6) is 0.254. The molecule has 0 unspecified atom stereocenters. The van der Waals surface area contributed by atoms with Gasteiger partial charge in [-0.1, -0.05) is 34.8 Å².